The number of piperidine rings is 1. The molecule has 2 aromatic rings. The first-order valence-corrected chi connectivity index (χ1v) is 11.3. The molecule has 3 heterocycles. The van der Waals surface area contributed by atoms with Crippen molar-refractivity contribution in [2.75, 3.05) is 32.8 Å². The standard InChI is InChI=1S/C21H27N3O3S/c1-2-24-16-21(17-27-19-7-3-4-8-20(19)28(24,25)26)9-12-23(13-10-21)15-18-6-5-11-22-14-18/h3-8,11,14H,2,9-10,12-13,15-17H2,1H3. The maximum absolute atomic E-state index is 13.2. The van der Waals surface area contributed by atoms with Crippen LogP contribution in [-0.4, -0.2) is 55.4 Å². The van der Waals surface area contributed by atoms with Crippen molar-refractivity contribution < 1.29 is 13.2 Å². The zero-order valence-electron chi connectivity index (χ0n) is 16.3. The zero-order valence-corrected chi connectivity index (χ0v) is 17.1. The molecule has 150 valence electrons. The summed E-state index contributed by atoms with van der Waals surface area (Å²) in [5.41, 5.74) is 1.06. The average Bonchev–Trinajstić information content (AvgIpc) is 2.72. The smallest absolute Gasteiger partial charge is 0.246 e. The molecule has 0 atom stereocenters. The third kappa shape index (κ3) is 3.79. The van der Waals surface area contributed by atoms with E-state index in [-0.39, 0.29) is 10.3 Å². The van der Waals surface area contributed by atoms with Gasteiger partial charge in [-0.25, -0.2) is 8.42 Å². The van der Waals surface area contributed by atoms with Gasteiger partial charge in [0.25, 0.3) is 0 Å². The quantitative estimate of drug-likeness (QED) is 0.791. The summed E-state index contributed by atoms with van der Waals surface area (Å²) in [6.45, 7) is 6.18. The molecule has 2 aliphatic heterocycles. The number of likely N-dealkylation sites (tertiary alicyclic amines) is 1. The third-order valence-electron chi connectivity index (χ3n) is 5.91. The van der Waals surface area contributed by atoms with Crippen LogP contribution in [0.25, 0.3) is 0 Å². The molecule has 0 bridgehead atoms. The number of ether oxygens (including phenoxy) is 1. The molecule has 0 saturated carbocycles. The zero-order chi connectivity index (χ0) is 19.6. The fraction of sp³-hybridized carbons (Fsp3) is 0.476. The first-order valence-electron chi connectivity index (χ1n) is 9.86. The molecule has 1 fully saturated rings. The first-order chi connectivity index (χ1) is 13.5. The Hall–Kier alpha value is -1.96. The van der Waals surface area contributed by atoms with Crippen LogP contribution in [0.1, 0.15) is 25.3 Å². The van der Waals surface area contributed by atoms with Gasteiger partial charge >= 0.3 is 0 Å². The second kappa shape index (κ2) is 7.81. The van der Waals surface area contributed by atoms with E-state index in [4.69, 9.17) is 4.74 Å². The van der Waals surface area contributed by atoms with E-state index in [0.29, 0.717) is 25.4 Å². The summed E-state index contributed by atoms with van der Waals surface area (Å²) in [6.07, 6.45) is 5.53. The summed E-state index contributed by atoms with van der Waals surface area (Å²) in [5.74, 6) is 0.470. The Bertz CT molecular complexity index is 910. The molecule has 1 aromatic heterocycles. The Balaban J connectivity index is 1.53. The van der Waals surface area contributed by atoms with Crippen molar-refractivity contribution in [3.63, 3.8) is 0 Å². The highest BCUT2D eigenvalue weighted by Gasteiger charge is 2.42. The number of rotatable bonds is 3. The average molecular weight is 402 g/mol. The summed E-state index contributed by atoms with van der Waals surface area (Å²) >= 11 is 0. The molecule has 2 aliphatic rings. The lowest BCUT2D eigenvalue weighted by Gasteiger charge is -2.44. The number of hydrogen-bond acceptors (Lipinski definition) is 5. The lowest BCUT2D eigenvalue weighted by molar-refractivity contribution is 0.0333. The maximum Gasteiger partial charge on any atom is 0.246 e. The molecule has 0 aliphatic carbocycles. The van der Waals surface area contributed by atoms with E-state index in [1.54, 1.807) is 28.7 Å². The molecule has 0 amide bonds. The maximum atomic E-state index is 13.2. The van der Waals surface area contributed by atoms with E-state index < -0.39 is 10.0 Å². The summed E-state index contributed by atoms with van der Waals surface area (Å²) < 4.78 is 34.0. The van der Waals surface area contributed by atoms with Crippen molar-refractivity contribution in [3.05, 3.63) is 54.4 Å². The number of fused-ring (bicyclic) bond motifs is 1. The second-order valence-electron chi connectivity index (χ2n) is 7.80. The van der Waals surface area contributed by atoms with Crippen LogP contribution in [0.4, 0.5) is 0 Å². The molecule has 0 radical (unpaired) electrons. The number of benzene rings is 1. The minimum atomic E-state index is -3.54. The molecule has 1 aromatic carbocycles. The van der Waals surface area contributed by atoms with Crippen LogP contribution in [-0.2, 0) is 16.6 Å². The molecular formula is C21H27N3O3S. The summed E-state index contributed by atoms with van der Waals surface area (Å²) in [5, 5.41) is 0. The number of sulfonamides is 1. The van der Waals surface area contributed by atoms with Crippen molar-refractivity contribution in [2.24, 2.45) is 5.41 Å². The molecule has 4 rings (SSSR count). The SMILES string of the molecule is CCN1CC2(CCN(Cc3cccnc3)CC2)COc2ccccc2S1(=O)=O. The molecule has 6 nitrogen and oxygen atoms in total. The second-order valence-corrected chi connectivity index (χ2v) is 9.71. The molecule has 7 heteroatoms. The fourth-order valence-corrected chi connectivity index (χ4v) is 5.87. The van der Waals surface area contributed by atoms with Crippen molar-refractivity contribution >= 4 is 10.0 Å². The topological polar surface area (TPSA) is 62.7 Å². The number of para-hydroxylation sites is 1. The van der Waals surface area contributed by atoms with Gasteiger partial charge in [0.05, 0.1) is 6.61 Å². The molecular weight excluding hydrogens is 374 g/mol. The van der Waals surface area contributed by atoms with Gasteiger partial charge in [-0.3, -0.25) is 9.88 Å². The van der Waals surface area contributed by atoms with Crippen molar-refractivity contribution in [1.82, 2.24) is 14.2 Å². The Kier molecular flexibility index (Phi) is 5.40. The van der Waals surface area contributed by atoms with E-state index in [1.165, 1.54) is 5.56 Å². The Morgan fingerprint density at radius 1 is 1.14 bits per heavy atom. The van der Waals surface area contributed by atoms with Gasteiger partial charge in [0.2, 0.25) is 10.0 Å². The van der Waals surface area contributed by atoms with Crippen LogP contribution in [0.3, 0.4) is 0 Å². The van der Waals surface area contributed by atoms with Gasteiger partial charge in [-0.05, 0) is 49.7 Å². The predicted octanol–water partition coefficient (Wildman–Crippen LogP) is 2.77. The van der Waals surface area contributed by atoms with Crippen LogP contribution in [0.2, 0.25) is 0 Å². The predicted molar refractivity (Wildman–Crippen MR) is 108 cm³/mol. The van der Waals surface area contributed by atoms with Crippen LogP contribution in [0, 0.1) is 5.41 Å². The van der Waals surface area contributed by atoms with Crippen molar-refractivity contribution in [2.45, 2.75) is 31.2 Å². The van der Waals surface area contributed by atoms with Crippen molar-refractivity contribution in [1.29, 1.82) is 0 Å². The number of pyridine rings is 1. The monoisotopic (exact) mass is 401 g/mol. The molecule has 0 N–H and O–H groups in total. The first kappa shape index (κ1) is 19.4. The summed E-state index contributed by atoms with van der Waals surface area (Å²) in [4.78, 5) is 6.89. The fourth-order valence-electron chi connectivity index (χ4n) is 4.18. The third-order valence-corrected chi connectivity index (χ3v) is 7.87. The Morgan fingerprint density at radius 2 is 1.93 bits per heavy atom. The van der Waals surface area contributed by atoms with Crippen LogP contribution >= 0.6 is 0 Å². The molecule has 28 heavy (non-hydrogen) atoms. The highest BCUT2D eigenvalue weighted by atomic mass is 32.2. The van der Waals surface area contributed by atoms with Crippen LogP contribution < -0.4 is 4.74 Å². The van der Waals surface area contributed by atoms with Gasteiger partial charge in [-0.1, -0.05) is 25.1 Å². The van der Waals surface area contributed by atoms with Gasteiger partial charge in [0.1, 0.15) is 10.6 Å². The largest absolute Gasteiger partial charge is 0.492 e. The number of hydrogen-bond donors (Lipinski definition) is 0. The molecule has 1 spiro atoms. The van der Waals surface area contributed by atoms with Gasteiger partial charge in [0.15, 0.2) is 0 Å². The van der Waals surface area contributed by atoms with E-state index in [2.05, 4.69) is 16.0 Å². The van der Waals surface area contributed by atoms with E-state index in [0.717, 1.165) is 32.5 Å². The Labute approximate surface area is 167 Å². The normalized spacial score (nSPS) is 22.0. The minimum absolute atomic E-state index is 0.151. The lowest BCUT2D eigenvalue weighted by Crippen LogP contribution is -2.51. The van der Waals surface area contributed by atoms with Gasteiger partial charge in [-0.15, -0.1) is 0 Å². The van der Waals surface area contributed by atoms with E-state index >= 15 is 0 Å². The minimum Gasteiger partial charge on any atom is -0.492 e. The van der Waals surface area contributed by atoms with E-state index in [9.17, 15) is 8.42 Å². The number of aromatic nitrogens is 1. The summed E-state index contributed by atoms with van der Waals surface area (Å²) in [6, 6.07) is 11.0. The van der Waals surface area contributed by atoms with E-state index in [1.807, 2.05) is 25.3 Å². The van der Waals surface area contributed by atoms with Gasteiger partial charge in [-0.2, -0.15) is 4.31 Å². The van der Waals surface area contributed by atoms with Gasteiger partial charge < -0.3 is 4.74 Å². The van der Waals surface area contributed by atoms with Gasteiger partial charge in [0, 0.05) is 37.4 Å². The lowest BCUT2D eigenvalue weighted by atomic mass is 9.78. The Morgan fingerprint density at radius 3 is 2.64 bits per heavy atom. The molecule has 1 saturated heterocycles. The van der Waals surface area contributed by atoms with Crippen LogP contribution in [0.15, 0.2) is 53.7 Å². The van der Waals surface area contributed by atoms with Crippen LogP contribution in [0.5, 0.6) is 5.75 Å². The number of nitrogens with zero attached hydrogens (tertiary/aromatic N) is 3. The highest BCUT2D eigenvalue weighted by Crippen LogP contribution is 2.39. The molecule has 0 unspecified atom stereocenters. The van der Waals surface area contributed by atoms with Crippen molar-refractivity contribution in [3.8, 4) is 5.75 Å². The summed E-state index contributed by atoms with van der Waals surface area (Å²) in [7, 11) is -3.54. The highest BCUT2D eigenvalue weighted by molar-refractivity contribution is 7.89.